The molecule has 0 aliphatic heterocycles. The first-order valence-corrected chi connectivity index (χ1v) is 6.35. The monoisotopic (exact) mass is 269 g/mol. The van der Waals surface area contributed by atoms with Crippen LogP contribution in [0.5, 0.6) is 5.88 Å². The van der Waals surface area contributed by atoms with Crippen molar-refractivity contribution in [2.75, 3.05) is 0 Å². The zero-order chi connectivity index (χ0) is 14.4. The van der Waals surface area contributed by atoms with Crippen LogP contribution in [0, 0.1) is 0 Å². The summed E-state index contributed by atoms with van der Waals surface area (Å²) in [6.07, 6.45) is 4.84. The molecule has 0 radical (unpaired) electrons. The number of nitrogens with two attached hydrogens (primary N) is 1. The number of hydrogen-bond acceptors (Lipinski definition) is 4. The molecule has 1 aromatic heterocycles. The summed E-state index contributed by atoms with van der Waals surface area (Å²) in [5, 5.41) is 9.77. The maximum atomic E-state index is 11.6. The minimum absolute atomic E-state index is 0.242. The number of H-pyrrole nitrogens is 1. The van der Waals surface area contributed by atoms with Crippen molar-refractivity contribution in [1.82, 2.24) is 9.55 Å². The average Bonchev–Trinajstić information content (AvgIpc) is 2.31. The molecule has 1 amide bonds. The maximum Gasteiger partial charge on any atom is 0.331 e. The summed E-state index contributed by atoms with van der Waals surface area (Å²) in [4.78, 5) is 35.9. The van der Waals surface area contributed by atoms with Gasteiger partial charge in [-0.05, 0) is 6.42 Å². The lowest BCUT2D eigenvalue weighted by Crippen LogP contribution is -2.35. The number of nitrogens with zero attached hydrogens (tertiary/aromatic N) is 1. The Hall–Kier alpha value is -2.05. The first kappa shape index (κ1) is 15.0. The SMILES string of the molecule is CCCCCCCn1c(O)c(C(N)=O)c(=O)[nH]c1=O. The molecule has 1 aromatic rings. The fourth-order valence-corrected chi connectivity index (χ4v) is 1.86. The summed E-state index contributed by atoms with van der Waals surface area (Å²) >= 11 is 0. The van der Waals surface area contributed by atoms with Crippen LogP contribution in [0.1, 0.15) is 49.4 Å². The standard InChI is InChI=1S/C12H19N3O4/c1-2-3-4-5-6-7-15-11(18)8(9(13)16)10(17)14-12(15)19/h18H,2-7H2,1H3,(H2,13,16)(H,14,17,19). The number of aromatic hydroxyl groups is 1. The number of hydrogen-bond donors (Lipinski definition) is 3. The van der Waals surface area contributed by atoms with Crippen LogP contribution in [0.2, 0.25) is 0 Å². The van der Waals surface area contributed by atoms with Crippen LogP contribution in [0.4, 0.5) is 0 Å². The molecule has 0 aliphatic carbocycles. The number of nitrogens with one attached hydrogen (secondary N) is 1. The number of aromatic amines is 1. The summed E-state index contributed by atoms with van der Waals surface area (Å²) in [5.41, 5.74) is 2.72. The first-order valence-electron chi connectivity index (χ1n) is 6.35. The molecule has 0 aromatic carbocycles. The molecule has 0 aliphatic rings. The van der Waals surface area contributed by atoms with E-state index in [1.807, 2.05) is 4.98 Å². The van der Waals surface area contributed by atoms with Gasteiger partial charge in [0.05, 0.1) is 0 Å². The Morgan fingerprint density at radius 1 is 1.26 bits per heavy atom. The van der Waals surface area contributed by atoms with Crippen molar-refractivity contribution >= 4 is 5.91 Å². The van der Waals surface area contributed by atoms with Gasteiger partial charge >= 0.3 is 5.69 Å². The molecule has 7 nitrogen and oxygen atoms in total. The molecule has 4 N–H and O–H groups in total. The average molecular weight is 269 g/mol. The van der Waals surface area contributed by atoms with E-state index in [0.29, 0.717) is 6.42 Å². The minimum atomic E-state index is -1.06. The van der Waals surface area contributed by atoms with Gasteiger partial charge in [0, 0.05) is 6.54 Å². The van der Waals surface area contributed by atoms with E-state index in [1.54, 1.807) is 0 Å². The number of primary amides is 1. The number of unbranched alkanes of at least 4 members (excludes halogenated alkanes) is 4. The topological polar surface area (TPSA) is 118 Å². The molecule has 0 fully saturated rings. The van der Waals surface area contributed by atoms with Gasteiger partial charge in [-0.15, -0.1) is 0 Å². The molecule has 0 spiro atoms. The highest BCUT2D eigenvalue weighted by molar-refractivity contribution is 5.94. The van der Waals surface area contributed by atoms with Gasteiger partial charge in [-0.2, -0.15) is 0 Å². The van der Waals surface area contributed by atoms with Crippen molar-refractivity contribution in [2.45, 2.75) is 45.6 Å². The van der Waals surface area contributed by atoms with Crippen LogP contribution >= 0.6 is 0 Å². The summed E-state index contributed by atoms with van der Waals surface area (Å²) in [6.45, 7) is 2.34. The van der Waals surface area contributed by atoms with E-state index in [0.717, 1.165) is 30.3 Å². The molecule has 0 saturated heterocycles. The largest absolute Gasteiger partial charge is 0.494 e. The number of rotatable bonds is 7. The normalized spacial score (nSPS) is 10.6. The summed E-state index contributed by atoms with van der Waals surface area (Å²) < 4.78 is 0.966. The second-order valence-electron chi connectivity index (χ2n) is 4.39. The highest BCUT2D eigenvalue weighted by Gasteiger charge is 2.18. The van der Waals surface area contributed by atoms with E-state index in [4.69, 9.17) is 5.73 Å². The van der Waals surface area contributed by atoms with E-state index in [9.17, 15) is 19.5 Å². The molecule has 19 heavy (non-hydrogen) atoms. The number of amides is 1. The van der Waals surface area contributed by atoms with Gasteiger partial charge in [0.2, 0.25) is 5.88 Å². The Balaban J connectivity index is 2.89. The molecule has 7 heteroatoms. The summed E-state index contributed by atoms with van der Waals surface area (Å²) in [6, 6.07) is 0. The third kappa shape index (κ3) is 3.70. The number of aromatic nitrogens is 2. The molecule has 0 bridgehead atoms. The van der Waals surface area contributed by atoms with Gasteiger partial charge in [-0.1, -0.05) is 32.6 Å². The van der Waals surface area contributed by atoms with E-state index in [1.165, 1.54) is 0 Å². The molecule has 0 unspecified atom stereocenters. The van der Waals surface area contributed by atoms with Gasteiger partial charge in [0.15, 0.2) is 5.56 Å². The Morgan fingerprint density at radius 2 is 1.89 bits per heavy atom. The zero-order valence-corrected chi connectivity index (χ0v) is 10.9. The third-order valence-electron chi connectivity index (χ3n) is 2.90. The van der Waals surface area contributed by atoms with Gasteiger partial charge in [-0.3, -0.25) is 19.1 Å². The smallest absolute Gasteiger partial charge is 0.331 e. The van der Waals surface area contributed by atoms with Crippen molar-refractivity contribution in [2.24, 2.45) is 5.73 Å². The van der Waals surface area contributed by atoms with Crippen molar-refractivity contribution in [3.05, 3.63) is 26.4 Å². The molecule has 1 heterocycles. The van der Waals surface area contributed by atoms with Crippen LogP contribution in [0.3, 0.4) is 0 Å². The first-order chi connectivity index (χ1) is 8.99. The lowest BCUT2D eigenvalue weighted by Gasteiger charge is -2.09. The Bertz CT molecular complexity index is 559. The fraction of sp³-hybridized carbons (Fsp3) is 0.583. The molecule has 1 rings (SSSR count). The summed E-state index contributed by atoms with van der Waals surface area (Å²) in [7, 11) is 0. The van der Waals surface area contributed by atoms with Crippen molar-refractivity contribution < 1.29 is 9.90 Å². The van der Waals surface area contributed by atoms with E-state index < -0.39 is 28.6 Å². The van der Waals surface area contributed by atoms with Gasteiger partial charge in [0.25, 0.3) is 11.5 Å². The van der Waals surface area contributed by atoms with E-state index in [2.05, 4.69) is 6.92 Å². The van der Waals surface area contributed by atoms with Crippen LogP contribution in [0.15, 0.2) is 9.59 Å². The molecule has 0 saturated carbocycles. The summed E-state index contributed by atoms with van der Waals surface area (Å²) in [5.74, 6) is -1.71. The molecule has 0 atom stereocenters. The third-order valence-corrected chi connectivity index (χ3v) is 2.90. The highest BCUT2D eigenvalue weighted by atomic mass is 16.3. The van der Waals surface area contributed by atoms with Crippen molar-refractivity contribution in [1.29, 1.82) is 0 Å². The Morgan fingerprint density at radius 3 is 2.47 bits per heavy atom. The van der Waals surface area contributed by atoms with Crippen LogP contribution < -0.4 is 17.0 Å². The molecule has 106 valence electrons. The number of carbonyl (C=O) groups is 1. The Kier molecular flexibility index (Phi) is 5.35. The minimum Gasteiger partial charge on any atom is -0.494 e. The van der Waals surface area contributed by atoms with Crippen molar-refractivity contribution in [3.63, 3.8) is 0 Å². The zero-order valence-electron chi connectivity index (χ0n) is 10.9. The van der Waals surface area contributed by atoms with Gasteiger partial charge in [0.1, 0.15) is 0 Å². The van der Waals surface area contributed by atoms with Crippen LogP contribution in [-0.4, -0.2) is 20.6 Å². The van der Waals surface area contributed by atoms with Gasteiger partial charge in [-0.25, -0.2) is 4.79 Å². The second kappa shape index (κ2) is 6.77. The van der Waals surface area contributed by atoms with Gasteiger partial charge < -0.3 is 10.8 Å². The highest BCUT2D eigenvalue weighted by Crippen LogP contribution is 2.11. The lowest BCUT2D eigenvalue weighted by atomic mass is 10.1. The van der Waals surface area contributed by atoms with Crippen LogP contribution in [-0.2, 0) is 6.54 Å². The Labute approximate surface area is 110 Å². The predicted octanol–water partition coefficient (Wildman–Crippen LogP) is 0.311. The van der Waals surface area contributed by atoms with Crippen LogP contribution in [0.25, 0.3) is 0 Å². The van der Waals surface area contributed by atoms with E-state index in [-0.39, 0.29) is 6.54 Å². The predicted molar refractivity (Wildman–Crippen MR) is 70.3 cm³/mol. The van der Waals surface area contributed by atoms with Crippen molar-refractivity contribution in [3.8, 4) is 5.88 Å². The van der Waals surface area contributed by atoms with E-state index >= 15 is 0 Å². The second-order valence-corrected chi connectivity index (χ2v) is 4.39. The number of carbonyl (C=O) groups excluding carboxylic acids is 1. The fourth-order valence-electron chi connectivity index (χ4n) is 1.86. The molecular weight excluding hydrogens is 250 g/mol. The molecular formula is C12H19N3O4. The maximum absolute atomic E-state index is 11.6. The quantitative estimate of drug-likeness (QED) is 0.617. The lowest BCUT2D eigenvalue weighted by molar-refractivity contribution is 0.0994.